The van der Waals surface area contributed by atoms with Crippen molar-refractivity contribution in [1.29, 1.82) is 0 Å². The summed E-state index contributed by atoms with van der Waals surface area (Å²) in [6, 6.07) is 4.33. The highest BCUT2D eigenvalue weighted by molar-refractivity contribution is 6.15. The maximum Gasteiger partial charge on any atom is 0.311 e. The molecule has 0 radical (unpaired) electrons. The summed E-state index contributed by atoms with van der Waals surface area (Å²) < 4.78 is 4.86. The Bertz CT molecular complexity index is 463. The first kappa shape index (κ1) is 14.2. The van der Waals surface area contributed by atoms with Crippen molar-refractivity contribution in [1.82, 2.24) is 10.2 Å². The number of benzene rings is 1. The van der Waals surface area contributed by atoms with Gasteiger partial charge in [0.2, 0.25) is 11.7 Å². The van der Waals surface area contributed by atoms with Gasteiger partial charge in [-0.3, -0.25) is 14.9 Å². The average Bonchev–Trinajstić information content (AvgIpc) is 2.36. The number of fused-ring (bicyclic) bond motifs is 2. The molecule has 1 atom stereocenters. The smallest absolute Gasteiger partial charge is 0.311 e. The van der Waals surface area contributed by atoms with Crippen LogP contribution in [0.5, 0.6) is 11.5 Å². The van der Waals surface area contributed by atoms with Gasteiger partial charge in [0.1, 0.15) is 5.75 Å². The lowest BCUT2D eigenvalue weighted by molar-refractivity contribution is -0.386. The van der Waals surface area contributed by atoms with Crippen LogP contribution in [-0.4, -0.2) is 23.9 Å². The van der Waals surface area contributed by atoms with Crippen LogP contribution in [-0.2, 0) is 4.79 Å². The molecular formula is C10H12ClN3O4. The van der Waals surface area contributed by atoms with E-state index in [0.29, 0.717) is 11.5 Å². The number of ether oxygens (including phenoxy) is 1. The van der Waals surface area contributed by atoms with Crippen LogP contribution in [0.25, 0.3) is 0 Å². The minimum Gasteiger partial charge on any atom is -0.450 e. The molecule has 0 aliphatic carbocycles. The lowest BCUT2D eigenvalue weighted by Crippen LogP contribution is -2.36. The Hall–Kier alpha value is -1.86. The minimum atomic E-state index is -0.460. The molecule has 0 saturated carbocycles. The molecule has 0 aromatic heterocycles. The van der Waals surface area contributed by atoms with Gasteiger partial charge in [0, 0.05) is 19.2 Å². The number of carbonyl (C=O) groups excluding carboxylic acids is 1. The van der Waals surface area contributed by atoms with Crippen LogP contribution in [0.3, 0.4) is 0 Å². The summed E-state index contributed by atoms with van der Waals surface area (Å²) in [5.74, 6) is 0.947. The Morgan fingerprint density at radius 3 is 2.39 bits per heavy atom. The van der Waals surface area contributed by atoms with E-state index in [0.717, 1.165) is 0 Å². The van der Waals surface area contributed by atoms with E-state index in [1.165, 1.54) is 6.07 Å². The summed E-state index contributed by atoms with van der Waals surface area (Å²) in [5.41, 5.74) is 0.0370. The summed E-state index contributed by atoms with van der Waals surface area (Å²) in [4.78, 5) is 22.5. The normalized spacial score (nSPS) is 12.2. The van der Waals surface area contributed by atoms with Crippen molar-refractivity contribution < 1.29 is 14.5 Å². The van der Waals surface area contributed by atoms with Gasteiger partial charge in [-0.25, -0.2) is 4.84 Å². The molecule has 98 valence electrons. The Balaban J connectivity index is 0.000000187. The lowest BCUT2D eigenvalue weighted by atomic mass is 10.2. The van der Waals surface area contributed by atoms with Crippen LogP contribution in [0.15, 0.2) is 18.2 Å². The molecule has 18 heavy (non-hydrogen) atoms. The quantitative estimate of drug-likeness (QED) is 0.503. The van der Waals surface area contributed by atoms with E-state index in [1.807, 2.05) is 0 Å². The first-order valence-electron chi connectivity index (χ1n) is 5.03. The molecule has 2 aliphatic heterocycles. The molecule has 1 aromatic carbocycles. The summed E-state index contributed by atoms with van der Waals surface area (Å²) in [6.07, 6.45) is 0. The van der Waals surface area contributed by atoms with E-state index < -0.39 is 4.92 Å². The number of halogens is 1. The van der Waals surface area contributed by atoms with Crippen LogP contribution in [0.2, 0.25) is 0 Å². The Morgan fingerprint density at radius 1 is 1.56 bits per heavy atom. The lowest BCUT2D eigenvalue weighted by Gasteiger charge is -2.14. The SMILES string of the molecule is CNC(=O)C(C)NCl.O=[N+]([O-])c1ccc2cc1O2. The van der Waals surface area contributed by atoms with Gasteiger partial charge >= 0.3 is 5.69 Å². The number of hydrogen-bond donors (Lipinski definition) is 2. The third kappa shape index (κ3) is 3.31. The van der Waals surface area contributed by atoms with Crippen molar-refractivity contribution in [3.8, 4) is 11.5 Å². The number of hydrogen-bond acceptors (Lipinski definition) is 5. The van der Waals surface area contributed by atoms with Gasteiger partial charge < -0.3 is 10.1 Å². The molecule has 0 saturated heterocycles. The van der Waals surface area contributed by atoms with Gasteiger partial charge in [0.25, 0.3) is 0 Å². The summed E-state index contributed by atoms with van der Waals surface area (Å²) in [6.45, 7) is 1.67. The van der Waals surface area contributed by atoms with Gasteiger partial charge in [-0.15, -0.1) is 0 Å². The first-order chi connectivity index (χ1) is 8.49. The number of nitrogens with one attached hydrogen (secondary N) is 2. The number of nitro groups is 1. The Kier molecular flexibility index (Phi) is 4.87. The zero-order valence-electron chi connectivity index (χ0n) is 9.77. The molecule has 8 heteroatoms. The van der Waals surface area contributed by atoms with Crippen molar-refractivity contribution in [3.63, 3.8) is 0 Å². The second-order valence-electron chi connectivity index (χ2n) is 3.43. The van der Waals surface area contributed by atoms with Gasteiger partial charge in [0.05, 0.1) is 11.0 Å². The van der Waals surface area contributed by atoms with Crippen LogP contribution < -0.4 is 14.9 Å². The zero-order valence-corrected chi connectivity index (χ0v) is 10.5. The third-order valence-corrected chi connectivity index (χ3v) is 2.49. The molecule has 0 spiro atoms. The van der Waals surface area contributed by atoms with E-state index in [1.54, 1.807) is 26.1 Å². The van der Waals surface area contributed by atoms with Gasteiger partial charge in [0.15, 0.2) is 0 Å². The second-order valence-corrected chi connectivity index (χ2v) is 3.65. The van der Waals surface area contributed by atoms with Crippen molar-refractivity contribution in [2.45, 2.75) is 13.0 Å². The predicted molar refractivity (Wildman–Crippen MR) is 65.7 cm³/mol. The van der Waals surface area contributed by atoms with Crippen LogP contribution in [0.4, 0.5) is 5.69 Å². The third-order valence-electron chi connectivity index (χ3n) is 2.16. The largest absolute Gasteiger partial charge is 0.450 e. The molecule has 1 unspecified atom stereocenters. The van der Waals surface area contributed by atoms with Gasteiger partial charge in [-0.05, 0) is 24.8 Å². The standard InChI is InChI=1S/C6H3NO3.C4H9ClN2O/c8-7(9)5-2-1-4-3-6(5)10-4;1-3(7-5)4(8)6-2/h1-3H;3,7H,1-2H3,(H,6,8). The van der Waals surface area contributed by atoms with E-state index in [4.69, 9.17) is 16.5 Å². The van der Waals surface area contributed by atoms with Crippen molar-refractivity contribution >= 4 is 23.4 Å². The van der Waals surface area contributed by atoms with Crippen LogP contribution in [0, 0.1) is 10.1 Å². The molecule has 1 aromatic rings. The fraction of sp³-hybridized carbons (Fsp3) is 0.300. The highest BCUT2D eigenvalue weighted by atomic mass is 35.5. The maximum atomic E-state index is 10.5. The minimum absolute atomic E-state index is 0.0370. The Morgan fingerprint density at radius 2 is 2.17 bits per heavy atom. The van der Waals surface area contributed by atoms with Gasteiger partial charge in [-0.2, -0.15) is 0 Å². The molecule has 2 heterocycles. The number of carbonyl (C=O) groups is 1. The highest BCUT2D eigenvalue weighted by Gasteiger charge is 2.23. The van der Waals surface area contributed by atoms with Crippen molar-refractivity contribution in [2.24, 2.45) is 0 Å². The van der Waals surface area contributed by atoms with Gasteiger partial charge in [-0.1, -0.05) is 0 Å². The van der Waals surface area contributed by atoms with E-state index in [-0.39, 0.29) is 17.6 Å². The molecule has 3 rings (SSSR count). The molecule has 7 nitrogen and oxygen atoms in total. The predicted octanol–water partition coefficient (Wildman–Crippen LogP) is 1.56. The van der Waals surface area contributed by atoms with Crippen molar-refractivity contribution in [3.05, 3.63) is 28.3 Å². The summed E-state index contributed by atoms with van der Waals surface area (Å²) >= 11 is 5.11. The topological polar surface area (TPSA) is 93.5 Å². The first-order valence-corrected chi connectivity index (χ1v) is 5.41. The zero-order chi connectivity index (χ0) is 13.7. The van der Waals surface area contributed by atoms with E-state index in [2.05, 4.69) is 10.2 Å². The fourth-order valence-electron chi connectivity index (χ4n) is 1.13. The number of nitrogens with zero attached hydrogens (tertiary/aromatic N) is 1. The molecule has 2 N–H and O–H groups in total. The molecule has 1 amide bonds. The molecule has 2 aliphatic rings. The Labute approximate surface area is 108 Å². The van der Waals surface area contributed by atoms with Crippen molar-refractivity contribution in [2.75, 3.05) is 7.05 Å². The molecule has 0 fully saturated rings. The molecular weight excluding hydrogens is 262 g/mol. The fourth-order valence-corrected chi connectivity index (χ4v) is 1.22. The maximum absolute atomic E-state index is 10.5. The highest BCUT2D eigenvalue weighted by Crippen LogP contribution is 2.42. The monoisotopic (exact) mass is 273 g/mol. The number of amides is 1. The van der Waals surface area contributed by atoms with E-state index in [9.17, 15) is 14.9 Å². The second kappa shape index (κ2) is 6.18. The summed E-state index contributed by atoms with van der Waals surface area (Å²) in [7, 11) is 1.56. The molecule has 2 bridgehead atoms. The average molecular weight is 274 g/mol. The number of nitro benzene ring substituents is 1. The number of rotatable bonds is 3. The summed E-state index contributed by atoms with van der Waals surface area (Å²) in [5, 5.41) is 12.6. The van der Waals surface area contributed by atoms with Crippen LogP contribution >= 0.6 is 11.8 Å². The van der Waals surface area contributed by atoms with Crippen LogP contribution in [0.1, 0.15) is 6.92 Å². The van der Waals surface area contributed by atoms with E-state index >= 15 is 0 Å². The number of likely N-dealkylation sites (N-methyl/N-ethyl adjacent to an activating group) is 1.